The summed E-state index contributed by atoms with van der Waals surface area (Å²) in [6, 6.07) is 13.4. The van der Waals surface area contributed by atoms with E-state index in [1.165, 1.54) is 5.69 Å². The van der Waals surface area contributed by atoms with Crippen molar-refractivity contribution in [3.8, 4) is 5.75 Å². The normalized spacial score (nSPS) is 15.0. The smallest absolute Gasteiger partial charge is 0.189 e. The first-order chi connectivity index (χ1) is 11.1. The molecule has 3 heteroatoms. The van der Waals surface area contributed by atoms with Crippen LogP contribution in [0.25, 0.3) is 6.08 Å². The highest BCUT2D eigenvalue weighted by molar-refractivity contribution is 6.16. The van der Waals surface area contributed by atoms with E-state index >= 15 is 0 Å². The second kappa shape index (κ2) is 6.29. The molecule has 0 saturated heterocycles. The minimum Gasteiger partial charge on any atom is -0.508 e. The Morgan fingerprint density at radius 1 is 1.09 bits per heavy atom. The number of Topliss-reactive ketones (excluding diaryl/α,β-unsaturated/α-hetero) is 1. The van der Waals surface area contributed by atoms with Crippen molar-refractivity contribution in [1.82, 2.24) is 0 Å². The van der Waals surface area contributed by atoms with Crippen molar-refractivity contribution in [2.45, 2.75) is 20.3 Å². The number of allylic oxidation sites excluding steroid dienone is 1. The Balaban J connectivity index is 1.86. The molecule has 1 aliphatic rings. The number of nitrogens with zero attached hydrogens (tertiary/aromatic N) is 1. The molecule has 0 unspecified atom stereocenters. The van der Waals surface area contributed by atoms with Crippen molar-refractivity contribution < 1.29 is 9.90 Å². The van der Waals surface area contributed by atoms with E-state index in [1.807, 2.05) is 18.2 Å². The van der Waals surface area contributed by atoms with Gasteiger partial charge < -0.3 is 10.0 Å². The van der Waals surface area contributed by atoms with Crippen molar-refractivity contribution in [3.05, 3.63) is 64.7 Å². The van der Waals surface area contributed by atoms with E-state index in [2.05, 4.69) is 30.9 Å². The Morgan fingerprint density at radius 3 is 2.39 bits per heavy atom. The van der Waals surface area contributed by atoms with Crippen LogP contribution >= 0.6 is 0 Å². The molecule has 1 N–H and O–H groups in total. The average Bonchev–Trinajstić information content (AvgIpc) is 2.88. The van der Waals surface area contributed by atoms with Crippen LogP contribution in [0.5, 0.6) is 5.75 Å². The molecular formula is C20H21NO2. The number of carbonyl (C=O) groups is 1. The Hall–Kier alpha value is -2.55. The fourth-order valence-corrected chi connectivity index (χ4v) is 3.10. The molecule has 2 aromatic carbocycles. The number of hydrogen-bond acceptors (Lipinski definition) is 3. The predicted octanol–water partition coefficient (Wildman–Crippen LogP) is 4.06. The maximum absolute atomic E-state index is 12.4. The highest BCUT2D eigenvalue weighted by atomic mass is 16.3. The Bertz CT molecular complexity index is 756. The van der Waals surface area contributed by atoms with Gasteiger partial charge in [-0.25, -0.2) is 0 Å². The zero-order valence-electron chi connectivity index (χ0n) is 13.5. The van der Waals surface area contributed by atoms with Gasteiger partial charge in [0.05, 0.1) is 0 Å². The van der Waals surface area contributed by atoms with Crippen molar-refractivity contribution in [2.75, 3.05) is 18.0 Å². The summed E-state index contributed by atoms with van der Waals surface area (Å²) in [5.74, 6) is 0.222. The van der Waals surface area contributed by atoms with Crippen molar-refractivity contribution >= 4 is 17.5 Å². The van der Waals surface area contributed by atoms with Gasteiger partial charge in [-0.1, -0.05) is 24.3 Å². The van der Waals surface area contributed by atoms with Crippen LogP contribution in [0.3, 0.4) is 0 Å². The highest BCUT2D eigenvalue weighted by Crippen LogP contribution is 2.33. The predicted molar refractivity (Wildman–Crippen MR) is 94.1 cm³/mol. The molecule has 0 spiro atoms. The summed E-state index contributed by atoms with van der Waals surface area (Å²) < 4.78 is 0. The highest BCUT2D eigenvalue weighted by Gasteiger charge is 2.26. The van der Waals surface area contributed by atoms with Gasteiger partial charge in [-0.2, -0.15) is 0 Å². The second-order valence-corrected chi connectivity index (χ2v) is 5.74. The molecule has 0 amide bonds. The van der Waals surface area contributed by atoms with Gasteiger partial charge in [-0.15, -0.1) is 0 Å². The summed E-state index contributed by atoms with van der Waals surface area (Å²) in [5, 5.41) is 9.90. The fourth-order valence-electron chi connectivity index (χ4n) is 3.10. The van der Waals surface area contributed by atoms with Crippen LogP contribution in [0.2, 0.25) is 0 Å². The van der Waals surface area contributed by atoms with Gasteiger partial charge in [0.1, 0.15) is 5.75 Å². The maximum atomic E-state index is 12.4. The quantitative estimate of drug-likeness (QED) is 0.866. The zero-order valence-corrected chi connectivity index (χ0v) is 13.5. The van der Waals surface area contributed by atoms with Gasteiger partial charge >= 0.3 is 0 Å². The number of aromatic hydroxyl groups is 1. The Kier molecular flexibility index (Phi) is 4.20. The second-order valence-electron chi connectivity index (χ2n) is 5.74. The molecule has 0 radical (unpaired) electrons. The number of carbonyl (C=O) groups excluding carboxylic acids is 1. The first-order valence-corrected chi connectivity index (χ1v) is 8.05. The van der Waals surface area contributed by atoms with Gasteiger partial charge in [0, 0.05) is 41.9 Å². The van der Waals surface area contributed by atoms with Gasteiger partial charge in [0.2, 0.25) is 0 Å². The van der Waals surface area contributed by atoms with Crippen LogP contribution in [-0.4, -0.2) is 24.0 Å². The molecule has 0 aliphatic heterocycles. The third-order valence-corrected chi connectivity index (χ3v) is 4.42. The molecule has 0 aromatic heterocycles. The first kappa shape index (κ1) is 15.3. The minimum atomic E-state index is 0.0173. The van der Waals surface area contributed by atoms with Crippen LogP contribution in [0.15, 0.2) is 48.0 Å². The monoisotopic (exact) mass is 307 g/mol. The van der Waals surface area contributed by atoms with E-state index < -0.39 is 0 Å². The van der Waals surface area contributed by atoms with E-state index in [0.717, 1.165) is 29.8 Å². The molecule has 118 valence electrons. The van der Waals surface area contributed by atoms with Gasteiger partial charge in [0.25, 0.3) is 0 Å². The van der Waals surface area contributed by atoms with Crippen molar-refractivity contribution in [1.29, 1.82) is 0 Å². The van der Waals surface area contributed by atoms with Crippen LogP contribution in [-0.2, 0) is 6.42 Å². The van der Waals surface area contributed by atoms with Crippen LogP contribution < -0.4 is 4.90 Å². The zero-order chi connectivity index (χ0) is 16.4. The number of phenolic OH excluding ortho intramolecular Hbond substituents is 1. The molecule has 23 heavy (non-hydrogen) atoms. The SMILES string of the molecule is CCN(CC)c1ccc(/C=C2\Cc3c(O)cccc3C2=O)cc1. The number of benzene rings is 2. The number of hydrogen-bond donors (Lipinski definition) is 1. The molecule has 0 fully saturated rings. The minimum absolute atomic E-state index is 0.0173. The summed E-state index contributed by atoms with van der Waals surface area (Å²) in [5.41, 5.74) is 4.30. The van der Waals surface area contributed by atoms with Crippen molar-refractivity contribution in [2.24, 2.45) is 0 Å². The van der Waals surface area contributed by atoms with Crippen LogP contribution in [0.1, 0.15) is 35.3 Å². The lowest BCUT2D eigenvalue weighted by molar-refractivity contribution is 0.104. The number of rotatable bonds is 4. The van der Waals surface area contributed by atoms with E-state index in [1.54, 1.807) is 18.2 Å². The molecule has 0 saturated carbocycles. The first-order valence-electron chi connectivity index (χ1n) is 8.05. The lowest BCUT2D eigenvalue weighted by Crippen LogP contribution is -2.21. The topological polar surface area (TPSA) is 40.5 Å². The summed E-state index contributed by atoms with van der Waals surface area (Å²) in [4.78, 5) is 14.7. The molecule has 0 atom stereocenters. The van der Waals surface area contributed by atoms with Crippen LogP contribution in [0.4, 0.5) is 5.69 Å². The molecule has 2 aromatic rings. The average molecular weight is 307 g/mol. The fraction of sp³-hybridized carbons (Fsp3) is 0.250. The molecule has 3 rings (SSSR count). The lowest BCUT2D eigenvalue weighted by Gasteiger charge is -2.20. The summed E-state index contributed by atoms with van der Waals surface area (Å²) in [6.45, 7) is 6.23. The molecule has 1 aliphatic carbocycles. The third kappa shape index (κ3) is 2.87. The van der Waals surface area contributed by atoms with E-state index in [0.29, 0.717) is 12.0 Å². The largest absolute Gasteiger partial charge is 0.508 e. The van der Waals surface area contributed by atoms with E-state index in [4.69, 9.17) is 0 Å². The van der Waals surface area contributed by atoms with E-state index in [9.17, 15) is 9.90 Å². The summed E-state index contributed by atoms with van der Waals surface area (Å²) in [7, 11) is 0. The molecule has 3 nitrogen and oxygen atoms in total. The molecular weight excluding hydrogens is 286 g/mol. The number of fused-ring (bicyclic) bond motifs is 1. The summed E-state index contributed by atoms with van der Waals surface area (Å²) in [6.07, 6.45) is 2.42. The molecule has 0 heterocycles. The van der Waals surface area contributed by atoms with Gasteiger partial charge in [-0.05, 0) is 43.7 Å². The van der Waals surface area contributed by atoms with E-state index in [-0.39, 0.29) is 11.5 Å². The van der Waals surface area contributed by atoms with Crippen LogP contribution in [0, 0.1) is 0 Å². The molecule has 0 bridgehead atoms. The Morgan fingerprint density at radius 2 is 1.78 bits per heavy atom. The number of phenols is 1. The third-order valence-electron chi connectivity index (χ3n) is 4.42. The Labute approximate surface area is 136 Å². The van der Waals surface area contributed by atoms with Gasteiger partial charge in [-0.3, -0.25) is 4.79 Å². The van der Waals surface area contributed by atoms with Crippen molar-refractivity contribution in [3.63, 3.8) is 0 Å². The maximum Gasteiger partial charge on any atom is 0.189 e. The number of anilines is 1. The standard InChI is InChI=1S/C20H21NO2/c1-3-21(4-2)16-10-8-14(9-11-16)12-15-13-18-17(20(15)23)6-5-7-19(18)22/h5-12,22H,3-4,13H2,1-2H3/b15-12+. The lowest BCUT2D eigenvalue weighted by atomic mass is 10.1. The van der Waals surface area contributed by atoms with Gasteiger partial charge in [0.15, 0.2) is 5.78 Å². The summed E-state index contributed by atoms with van der Waals surface area (Å²) >= 11 is 0. The number of ketones is 1.